The number of carbonyl (C=O) groups excluding carboxylic acids is 2. The van der Waals surface area contributed by atoms with Crippen LogP contribution < -0.4 is 15.5 Å². The maximum absolute atomic E-state index is 12.3. The van der Waals surface area contributed by atoms with Gasteiger partial charge in [0.15, 0.2) is 5.82 Å². The van der Waals surface area contributed by atoms with E-state index in [1.54, 1.807) is 17.9 Å². The average Bonchev–Trinajstić information content (AvgIpc) is 2.99. The molecule has 3 rings (SSSR count). The number of aromatic nitrogens is 1. The van der Waals surface area contributed by atoms with Crippen LogP contribution in [0.5, 0.6) is 0 Å². The van der Waals surface area contributed by atoms with E-state index in [-0.39, 0.29) is 11.9 Å². The van der Waals surface area contributed by atoms with E-state index in [4.69, 9.17) is 4.52 Å². The summed E-state index contributed by atoms with van der Waals surface area (Å²) in [7, 11) is 0. The summed E-state index contributed by atoms with van der Waals surface area (Å²) >= 11 is 0. The summed E-state index contributed by atoms with van der Waals surface area (Å²) in [5.41, 5.74) is 1.80. The molecule has 25 heavy (non-hydrogen) atoms. The van der Waals surface area contributed by atoms with E-state index in [9.17, 15) is 9.59 Å². The van der Waals surface area contributed by atoms with E-state index < -0.39 is 0 Å². The maximum Gasteiger partial charge on any atom is 0.323 e. The van der Waals surface area contributed by atoms with Gasteiger partial charge in [-0.3, -0.25) is 10.1 Å². The van der Waals surface area contributed by atoms with Gasteiger partial charge < -0.3 is 19.6 Å². The smallest absolute Gasteiger partial charge is 0.323 e. The van der Waals surface area contributed by atoms with Crippen molar-refractivity contribution < 1.29 is 14.1 Å². The summed E-state index contributed by atoms with van der Waals surface area (Å²) in [6.45, 7) is 5.90. The topological polar surface area (TPSA) is 90.7 Å². The Balaban J connectivity index is 1.56. The molecule has 8 nitrogen and oxygen atoms in total. The minimum Gasteiger partial charge on any atom is -0.368 e. The summed E-state index contributed by atoms with van der Waals surface area (Å²) in [6.07, 6.45) is 0. The molecule has 0 unspecified atom stereocenters. The molecule has 1 fully saturated rings. The molecule has 2 N–H and O–H groups in total. The number of rotatable bonds is 3. The lowest BCUT2D eigenvalue weighted by atomic mass is 10.2. The number of amides is 3. The first-order valence-electron chi connectivity index (χ1n) is 8.13. The largest absolute Gasteiger partial charge is 0.368 e. The van der Waals surface area contributed by atoms with Gasteiger partial charge in [0.05, 0.1) is 0 Å². The molecule has 2 heterocycles. The molecule has 3 amide bonds. The molecule has 1 saturated heterocycles. The van der Waals surface area contributed by atoms with Gasteiger partial charge in [-0.1, -0.05) is 11.2 Å². The predicted molar refractivity (Wildman–Crippen MR) is 94.8 cm³/mol. The first-order chi connectivity index (χ1) is 12.0. The van der Waals surface area contributed by atoms with Gasteiger partial charge in [-0.15, -0.1) is 0 Å². The molecule has 0 spiro atoms. The second-order valence-electron chi connectivity index (χ2n) is 5.96. The second-order valence-corrected chi connectivity index (χ2v) is 5.96. The summed E-state index contributed by atoms with van der Waals surface area (Å²) in [5, 5.41) is 9.29. The molecule has 1 aromatic carbocycles. The van der Waals surface area contributed by atoms with Crippen LogP contribution in [0.3, 0.4) is 0 Å². The van der Waals surface area contributed by atoms with E-state index in [0.29, 0.717) is 24.7 Å². The zero-order valence-electron chi connectivity index (χ0n) is 14.3. The number of urea groups is 1. The molecule has 132 valence electrons. The van der Waals surface area contributed by atoms with Crippen molar-refractivity contribution in [3.8, 4) is 0 Å². The van der Waals surface area contributed by atoms with Crippen molar-refractivity contribution >= 4 is 29.1 Å². The van der Waals surface area contributed by atoms with Crippen LogP contribution in [-0.4, -0.2) is 48.2 Å². The number of carbonyl (C=O) groups is 2. The second kappa shape index (κ2) is 7.25. The Morgan fingerprint density at radius 3 is 2.52 bits per heavy atom. The molecule has 0 radical (unpaired) electrons. The van der Waals surface area contributed by atoms with Crippen molar-refractivity contribution in [2.24, 2.45) is 0 Å². The Kier molecular flexibility index (Phi) is 4.87. The third-order valence-electron chi connectivity index (χ3n) is 3.96. The van der Waals surface area contributed by atoms with Crippen LogP contribution in [-0.2, 0) is 4.79 Å². The molecule has 1 aromatic heterocycles. The van der Waals surface area contributed by atoms with Crippen LogP contribution in [0, 0.1) is 6.92 Å². The fourth-order valence-electron chi connectivity index (χ4n) is 2.77. The highest BCUT2D eigenvalue weighted by atomic mass is 16.5. The number of nitrogens with one attached hydrogen (secondary N) is 2. The molecular formula is C17H21N5O3. The third kappa shape index (κ3) is 4.28. The molecule has 1 aliphatic heterocycles. The van der Waals surface area contributed by atoms with Crippen LogP contribution in [0.4, 0.5) is 22.0 Å². The van der Waals surface area contributed by atoms with Crippen molar-refractivity contribution in [3.05, 3.63) is 36.1 Å². The zero-order chi connectivity index (χ0) is 17.8. The lowest BCUT2D eigenvalue weighted by Crippen LogP contribution is -2.50. The van der Waals surface area contributed by atoms with Gasteiger partial charge in [-0.2, -0.15) is 0 Å². The van der Waals surface area contributed by atoms with Crippen molar-refractivity contribution in [3.63, 3.8) is 0 Å². The Bertz CT molecular complexity index is 765. The molecule has 8 heteroatoms. The Labute approximate surface area is 145 Å². The summed E-state index contributed by atoms with van der Waals surface area (Å²) in [6, 6.07) is 9.21. The van der Waals surface area contributed by atoms with E-state index in [2.05, 4.69) is 20.7 Å². The van der Waals surface area contributed by atoms with E-state index >= 15 is 0 Å². The van der Waals surface area contributed by atoms with E-state index in [0.717, 1.165) is 24.5 Å². The Hall–Kier alpha value is -3.03. The average molecular weight is 343 g/mol. The molecule has 0 bridgehead atoms. The highest BCUT2D eigenvalue weighted by Gasteiger charge is 2.22. The fourth-order valence-corrected chi connectivity index (χ4v) is 2.77. The third-order valence-corrected chi connectivity index (χ3v) is 3.96. The van der Waals surface area contributed by atoms with Crippen LogP contribution in [0.1, 0.15) is 12.7 Å². The lowest BCUT2D eigenvalue weighted by molar-refractivity contribution is -0.114. The highest BCUT2D eigenvalue weighted by molar-refractivity contribution is 5.89. The van der Waals surface area contributed by atoms with Crippen molar-refractivity contribution in [1.29, 1.82) is 0 Å². The van der Waals surface area contributed by atoms with E-state index in [1.165, 1.54) is 6.92 Å². The van der Waals surface area contributed by atoms with Gasteiger partial charge in [-0.05, 0) is 25.1 Å². The molecule has 2 aromatic rings. The monoisotopic (exact) mass is 343 g/mol. The summed E-state index contributed by atoms with van der Waals surface area (Å²) in [5.74, 6) is 0.980. The van der Waals surface area contributed by atoms with E-state index in [1.807, 2.05) is 24.3 Å². The van der Waals surface area contributed by atoms with Gasteiger partial charge in [0, 0.05) is 50.5 Å². The first kappa shape index (κ1) is 16.8. The van der Waals surface area contributed by atoms with Crippen LogP contribution in [0.15, 0.2) is 34.9 Å². The van der Waals surface area contributed by atoms with Gasteiger partial charge in [0.2, 0.25) is 5.91 Å². The molecule has 1 aliphatic rings. The fraction of sp³-hybridized carbons (Fsp3) is 0.353. The van der Waals surface area contributed by atoms with Crippen LogP contribution in [0.2, 0.25) is 0 Å². The van der Waals surface area contributed by atoms with Crippen molar-refractivity contribution in [2.45, 2.75) is 13.8 Å². The molecule has 0 aliphatic carbocycles. The number of hydrogen-bond donors (Lipinski definition) is 2. The van der Waals surface area contributed by atoms with Crippen LogP contribution in [0.25, 0.3) is 0 Å². The van der Waals surface area contributed by atoms with Gasteiger partial charge in [-0.25, -0.2) is 4.79 Å². The molecular weight excluding hydrogens is 322 g/mol. The quantitative estimate of drug-likeness (QED) is 0.892. The maximum atomic E-state index is 12.3. The first-order valence-corrected chi connectivity index (χ1v) is 8.13. The number of benzene rings is 1. The molecule has 0 saturated carbocycles. The Morgan fingerprint density at radius 2 is 1.88 bits per heavy atom. The standard InChI is InChI=1S/C17H21N5O3/c1-12-10-16(20-25-12)19-17(24)22-8-6-21(7-9-22)15-5-3-4-14(11-15)18-13(2)23/h3-5,10-11H,6-9H2,1-2H3,(H,18,23)(H,19,20,24). The predicted octanol–water partition coefficient (Wildman–Crippen LogP) is 2.30. The minimum atomic E-state index is -0.181. The van der Waals surface area contributed by atoms with Gasteiger partial charge in [0.25, 0.3) is 0 Å². The highest BCUT2D eigenvalue weighted by Crippen LogP contribution is 2.21. The minimum absolute atomic E-state index is 0.0956. The summed E-state index contributed by atoms with van der Waals surface area (Å²) < 4.78 is 4.94. The number of anilines is 3. The van der Waals surface area contributed by atoms with Gasteiger partial charge >= 0.3 is 6.03 Å². The number of nitrogens with zero attached hydrogens (tertiary/aromatic N) is 3. The van der Waals surface area contributed by atoms with Gasteiger partial charge in [0.1, 0.15) is 5.76 Å². The Morgan fingerprint density at radius 1 is 1.12 bits per heavy atom. The SMILES string of the molecule is CC(=O)Nc1cccc(N2CCN(C(=O)Nc3cc(C)on3)CC2)c1. The van der Waals surface area contributed by atoms with Crippen molar-refractivity contribution in [2.75, 3.05) is 41.7 Å². The van der Waals surface area contributed by atoms with Crippen LogP contribution >= 0.6 is 0 Å². The van der Waals surface area contributed by atoms with Crippen molar-refractivity contribution in [1.82, 2.24) is 10.1 Å². The number of hydrogen-bond acceptors (Lipinski definition) is 5. The number of piperazine rings is 1. The summed E-state index contributed by atoms with van der Waals surface area (Å²) in [4.78, 5) is 27.4. The normalized spacial score (nSPS) is 14.3. The zero-order valence-corrected chi connectivity index (χ0v) is 14.3. The molecule has 0 atom stereocenters. The lowest BCUT2D eigenvalue weighted by Gasteiger charge is -2.36. The number of aryl methyl sites for hydroxylation is 1.